The van der Waals surface area contributed by atoms with E-state index in [1.54, 1.807) is 0 Å². The Balaban J connectivity index is 2.07. The summed E-state index contributed by atoms with van der Waals surface area (Å²) in [7, 11) is 0. The first-order valence-electron chi connectivity index (χ1n) is 7.28. The molecule has 5 heteroatoms. The Labute approximate surface area is 134 Å². The van der Waals surface area contributed by atoms with Crippen LogP contribution >= 0.6 is 0 Å². The number of urea groups is 1. The predicted molar refractivity (Wildman–Crippen MR) is 84.1 cm³/mol. The number of carbonyl (C=O) groups is 2. The van der Waals surface area contributed by atoms with Crippen molar-refractivity contribution >= 4 is 11.9 Å². The smallest absolute Gasteiger partial charge is 0.319 e. The van der Waals surface area contributed by atoms with Gasteiger partial charge in [-0.15, -0.1) is 0 Å². The SMILES string of the molecule is N#CCN1C(=O)N[C@](Cc2ccccc2)(c2ccccc2)C1=O. The van der Waals surface area contributed by atoms with Gasteiger partial charge >= 0.3 is 6.03 Å². The summed E-state index contributed by atoms with van der Waals surface area (Å²) in [6, 6.07) is 20.0. The van der Waals surface area contributed by atoms with Gasteiger partial charge in [0.25, 0.3) is 5.91 Å². The second-order valence-corrected chi connectivity index (χ2v) is 5.41. The number of imide groups is 1. The average molecular weight is 305 g/mol. The van der Waals surface area contributed by atoms with E-state index in [1.165, 1.54) is 0 Å². The second-order valence-electron chi connectivity index (χ2n) is 5.41. The highest BCUT2D eigenvalue weighted by Gasteiger charge is 2.52. The fourth-order valence-corrected chi connectivity index (χ4v) is 2.88. The monoisotopic (exact) mass is 305 g/mol. The van der Waals surface area contributed by atoms with E-state index in [2.05, 4.69) is 5.32 Å². The zero-order valence-electron chi connectivity index (χ0n) is 12.4. The average Bonchev–Trinajstić information content (AvgIpc) is 2.82. The molecule has 1 saturated heterocycles. The molecule has 0 saturated carbocycles. The molecular formula is C18H15N3O2. The predicted octanol–water partition coefficient (Wildman–Crippen LogP) is 2.20. The zero-order chi connectivity index (χ0) is 16.3. The number of hydrogen-bond donors (Lipinski definition) is 1. The molecule has 0 aromatic heterocycles. The lowest BCUT2D eigenvalue weighted by atomic mass is 9.83. The molecule has 2 aromatic rings. The lowest BCUT2D eigenvalue weighted by molar-refractivity contribution is -0.131. The molecule has 114 valence electrons. The molecule has 0 bridgehead atoms. The molecule has 3 rings (SSSR count). The standard InChI is InChI=1S/C18H15N3O2/c19-11-12-21-16(22)18(20-17(21)23,15-9-5-2-6-10-15)13-14-7-3-1-4-8-14/h1-10H,12-13H2,(H,20,23)/t18-/m1/s1. The van der Waals surface area contributed by atoms with Crippen molar-refractivity contribution in [1.29, 1.82) is 5.26 Å². The molecule has 0 spiro atoms. The summed E-state index contributed by atoms with van der Waals surface area (Å²) in [5, 5.41) is 11.7. The van der Waals surface area contributed by atoms with Crippen LogP contribution in [0.2, 0.25) is 0 Å². The molecule has 3 amide bonds. The van der Waals surface area contributed by atoms with Crippen LogP contribution in [0, 0.1) is 11.3 Å². The van der Waals surface area contributed by atoms with Crippen molar-refractivity contribution in [3.63, 3.8) is 0 Å². The molecule has 0 aliphatic carbocycles. The van der Waals surface area contributed by atoms with Crippen molar-refractivity contribution in [3.05, 3.63) is 71.8 Å². The minimum Gasteiger partial charge on any atom is -0.319 e. The van der Waals surface area contributed by atoms with E-state index >= 15 is 0 Å². The maximum atomic E-state index is 12.9. The third-order valence-corrected chi connectivity index (χ3v) is 3.98. The van der Waals surface area contributed by atoms with E-state index in [0.717, 1.165) is 10.5 Å². The molecule has 0 unspecified atom stereocenters. The lowest BCUT2D eigenvalue weighted by Crippen LogP contribution is -2.46. The number of nitrogens with one attached hydrogen (secondary N) is 1. The van der Waals surface area contributed by atoms with Crippen LogP contribution in [0.5, 0.6) is 0 Å². The van der Waals surface area contributed by atoms with E-state index in [-0.39, 0.29) is 12.5 Å². The fraction of sp³-hybridized carbons (Fsp3) is 0.167. The van der Waals surface area contributed by atoms with Crippen LogP contribution in [0.15, 0.2) is 60.7 Å². The number of nitrogens with zero attached hydrogens (tertiary/aromatic N) is 2. The van der Waals surface area contributed by atoms with Crippen molar-refractivity contribution in [2.75, 3.05) is 6.54 Å². The van der Waals surface area contributed by atoms with Crippen LogP contribution in [-0.4, -0.2) is 23.4 Å². The minimum atomic E-state index is -1.17. The molecule has 1 N–H and O–H groups in total. The minimum absolute atomic E-state index is 0.256. The molecule has 1 fully saturated rings. The van der Waals surface area contributed by atoms with Crippen molar-refractivity contribution in [3.8, 4) is 6.07 Å². The molecule has 1 atom stereocenters. The Kier molecular flexibility index (Phi) is 3.82. The number of carbonyl (C=O) groups excluding carboxylic acids is 2. The first kappa shape index (κ1) is 14.8. The molecule has 2 aromatic carbocycles. The van der Waals surface area contributed by atoms with Gasteiger partial charge in [-0.2, -0.15) is 5.26 Å². The van der Waals surface area contributed by atoms with Gasteiger partial charge in [-0.05, 0) is 11.1 Å². The summed E-state index contributed by atoms with van der Waals surface area (Å²) >= 11 is 0. The Morgan fingerprint density at radius 1 is 1.00 bits per heavy atom. The number of nitriles is 1. The normalized spacial score (nSPS) is 20.2. The van der Waals surface area contributed by atoms with Crippen LogP contribution in [0.25, 0.3) is 0 Å². The lowest BCUT2D eigenvalue weighted by Gasteiger charge is -2.27. The van der Waals surface area contributed by atoms with E-state index in [4.69, 9.17) is 5.26 Å². The molecule has 5 nitrogen and oxygen atoms in total. The Morgan fingerprint density at radius 2 is 1.61 bits per heavy atom. The van der Waals surface area contributed by atoms with Gasteiger partial charge in [0.05, 0.1) is 6.07 Å². The van der Waals surface area contributed by atoms with Crippen LogP contribution < -0.4 is 5.32 Å². The first-order valence-corrected chi connectivity index (χ1v) is 7.28. The molecule has 1 aliphatic rings. The van der Waals surface area contributed by atoms with Crippen molar-refractivity contribution in [2.24, 2.45) is 0 Å². The van der Waals surface area contributed by atoms with Crippen molar-refractivity contribution in [2.45, 2.75) is 12.0 Å². The molecule has 23 heavy (non-hydrogen) atoms. The molecular weight excluding hydrogens is 290 g/mol. The van der Waals surface area contributed by atoms with E-state index < -0.39 is 11.6 Å². The number of benzene rings is 2. The van der Waals surface area contributed by atoms with Crippen LogP contribution in [-0.2, 0) is 16.8 Å². The Hall–Kier alpha value is -3.13. The Bertz CT molecular complexity index is 768. The van der Waals surface area contributed by atoms with Crippen molar-refractivity contribution in [1.82, 2.24) is 10.2 Å². The quantitative estimate of drug-likeness (QED) is 0.695. The number of amides is 3. The Morgan fingerprint density at radius 3 is 2.22 bits per heavy atom. The van der Waals surface area contributed by atoms with Crippen LogP contribution in [0.3, 0.4) is 0 Å². The van der Waals surface area contributed by atoms with Gasteiger partial charge in [0.2, 0.25) is 0 Å². The second kappa shape index (κ2) is 5.93. The third kappa shape index (κ3) is 2.55. The largest absolute Gasteiger partial charge is 0.326 e. The topological polar surface area (TPSA) is 73.2 Å². The van der Waals surface area contributed by atoms with E-state index in [0.29, 0.717) is 12.0 Å². The highest BCUT2D eigenvalue weighted by molar-refractivity contribution is 6.07. The number of hydrogen-bond acceptors (Lipinski definition) is 3. The summed E-state index contributed by atoms with van der Waals surface area (Å²) in [5.74, 6) is -0.390. The van der Waals surface area contributed by atoms with Gasteiger partial charge in [-0.25, -0.2) is 9.69 Å². The van der Waals surface area contributed by atoms with E-state index in [1.807, 2.05) is 66.7 Å². The highest BCUT2D eigenvalue weighted by atomic mass is 16.2. The fourth-order valence-electron chi connectivity index (χ4n) is 2.88. The van der Waals surface area contributed by atoms with Gasteiger partial charge in [0, 0.05) is 6.42 Å². The summed E-state index contributed by atoms with van der Waals surface area (Å²) < 4.78 is 0. The maximum absolute atomic E-state index is 12.9. The van der Waals surface area contributed by atoms with Gasteiger partial charge in [0.15, 0.2) is 5.54 Å². The van der Waals surface area contributed by atoms with Crippen molar-refractivity contribution < 1.29 is 9.59 Å². The van der Waals surface area contributed by atoms with Gasteiger partial charge < -0.3 is 5.32 Å². The summed E-state index contributed by atoms with van der Waals surface area (Å²) in [5.41, 5.74) is 0.475. The first-order chi connectivity index (χ1) is 11.2. The number of rotatable bonds is 4. The maximum Gasteiger partial charge on any atom is 0.326 e. The van der Waals surface area contributed by atoms with Gasteiger partial charge in [-0.3, -0.25) is 4.79 Å². The molecule has 1 heterocycles. The molecule has 1 aliphatic heterocycles. The van der Waals surface area contributed by atoms with E-state index in [9.17, 15) is 9.59 Å². The van der Waals surface area contributed by atoms with Gasteiger partial charge in [-0.1, -0.05) is 60.7 Å². The van der Waals surface area contributed by atoms with Crippen LogP contribution in [0.4, 0.5) is 4.79 Å². The summed E-state index contributed by atoms with van der Waals surface area (Å²) in [4.78, 5) is 26.1. The molecule has 0 radical (unpaired) electrons. The van der Waals surface area contributed by atoms with Crippen LogP contribution in [0.1, 0.15) is 11.1 Å². The summed E-state index contributed by atoms with van der Waals surface area (Å²) in [6.45, 7) is -0.256. The van der Waals surface area contributed by atoms with Gasteiger partial charge in [0.1, 0.15) is 6.54 Å². The summed E-state index contributed by atoms with van der Waals surface area (Å²) in [6.07, 6.45) is 0.338. The zero-order valence-corrected chi connectivity index (χ0v) is 12.4. The third-order valence-electron chi connectivity index (χ3n) is 3.98. The highest BCUT2D eigenvalue weighted by Crippen LogP contribution is 2.32.